The number of pyridine rings is 1. The van der Waals surface area contributed by atoms with E-state index < -0.39 is 37.0 Å². The number of carbonyl (C=O) groups excluding carboxylic acids is 1. The molecule has 0 spiro atoms. The zero-order valence-electron chi connectivity index (χ0n) is 42.0. The number of methoxy groups -OCH3 is 2. The van der Waals surface area contributed by atoms with E-state index in [1.54, 1.807) is 18.2 Å². The van der Waals surface area contributed by atoms with Crippen LogP contribution in [0.4, 0.5) is 23.8 Å². The lowest BCUT2D eigenvalue weighted by atomic mass is 9.95. The largest absolute Gasteiger partial charge is 0.468 e. The van der Waals surface area contributed by atoms with Crippen molar-refractivity contribution >= 4 is 41.7 Å². The number of piperazine rings is 1. The molecule has 0 radical (unpaired) electrons. The predicted molar refractivity (Wildman–Crippen MR) is 265 cm³/mol. The molecule has 2 aromatic heterocycles. The number of carbonyl (C=O) groups is 1. The minimum atomic E-state index is -2.38. The van der Waals surface area contributed by atoms with Gasteiger partial charge in [0.15, 0.2) is 12.6 Å². The maximum atomic E-state index is 18.4. The molecular weight excluding hydrogens is 902 g/mol. The normalized spacial score (nSPS) is 21.6. The summed E-state index contributed by atoms with van der Waals surface area (Å²) in [5.41, 5.74) is 3.50. The molecule has 8 rings (SSSR count). The van der Waals surface area contributed by atoms with Crippen molar-refractivity contribution in [3.8, 4) is 46.3 Å². The van der Waals surface area contributed by atoms with E-state index in [2.05, 4.69) is 69.7 Å². The minimum Gasteiger partial charge on any atom is -0.468 e. The fraction of sp³-hybridized carbons (Fsp3) is 0.585. The van der Waals surface area contributed by atoms with Crippen molar-refractivity contribution in [1.29, 1.82) is 0 Å². The van der Waals surface area contributed by atoms with E-state index in [1.807, 2.05) is 30.6 Å². The summed E-state index contributed by atoms with van der Waals surface area (Å²) in [6.45, 7) is 20.6. The molecular formula is C53H67F3N6O6Si. The van der Waals surface area contributed by atoms with Gasteiger partial charge < -0.3 is 28.6 Å². The number of aromatic nitrogens is 3. The Labute approximate surface area is 406 Å². The highest BCUT2D eigenvalue weighted by Crippen LogP contribution is 2.45. The molecule has 4 aliphatic rings. The van der Waals surface area contributed by atoms with Gasteiger partial charge in [0.25, 0.3) is 0 Å². The van der Waals surface area contributed by atoms with E-state index in [9.17, 15) is 9.18 Å². The van der Waals surface area contributed by atoms with E-state index in [1.165, 1.54) is 20.3 Å². The molecule has 4 saturated heterocycles. The fourth-order valence-corrected chi connectivity index (χ4v) is 17.0. The number of alkyl halides is 1. The van der Waals surface area contributed by atoms with Crippen LogP contribution in [-0.2, 0) is 14.2 Å². The number of anilines is 1. The molecule has 4 aromatic rings. The average molecular weight is 969 g/mol. The van der Waals surface area contributed by atoms with Gasteiger partial charge in [-0.25, -0.2) is 22.9 Å². The van der Waals surface area contributed by atoms with Gasteiger partial charge in [-0.1, -0.05) is 59.4 Å². The zero-order chi connectivity index (χ0) is 49.6. The van der Waals surface area contributed by atoms with E-state index in [-0.39, 0.29) is 94.2 Å². The Kier molecular flexibility index (Phi) is 14.5. The molecule has 69 heavy (non-hydrogen) atoms. The fourth-order valence-electron chi connectivity index (χ4n) is 11.8. The smallest absolute Gasteiger partial charge is 0.410 e. The van der Waals surface area contributed by atoms with Crippen LogP contribution in [0.3, 0.4) is 0 Å². The van der Waals surface area contributed by atoms with Crippen LogP contribution in [0.1, 0.15) is 106 Å². The summed E-state index contributed by atoms with van der Waals surface area (Å²) in [6.07, 6.45) is 2.06. The summed E-state index contributed by atoms with van der Waals surface area (Å²) in [5, 5.41) is 1.15. The quantitative estimate of drug-likeness (QED) is 0.0769. The Morgan fingerprint density at radius 2 is 1.62 bits per heavy atom. The second-order valence-electron chi connectivity index (χ2n) is 21.1. The van der Waals surface area contributed by atoms with Gasteiger partial charge in [-0.2, -0.15) is 9.97 Å². The Morgan fingerprint density at radius 1 is 0.913 bits per heavy atom. The number of nitrogens with zero attached hydrogens (tertiary/aromatic N) is 6. The number of hydrogen-bond acceptors (Lipinski definition) is 11. The van der Waals surface area contributed by atoms with Crippen molar-refractivity contribution in [1.82, 2.24) is 24.8 Å². The molecule has 4 aliphatic heterocycles. The third kappa shape index (κ3) is 9.71. The van der Waals surface area contributed by atoms with E-state index >= 15 is 8.78 Å². The highest BCUT2D eigenvalue weighted by Gasteiger charge is 2.50. The summed E-state index contributed by atoms with van der Waals surface area (Å²) in [4.78, 5) is 34.5. The summed E-state index contributed by atoms with van der Waals surface area (Å²) >= 11 is 0. The Bertz CT molecular complexity index is 2690. The standard InChI is InChI=1S/C53H67F3N6O6Si/c1-32(2)69(33(3)4,34(5)6)23-19-40-42(55)18-15-35-24-39(67-31-65-11)25-41(44(35)40)47-46(56)48-45(43(57-47)14-12-22-64-10)49(59-50(58-48)66-30-53-20-13-21-61(53)27-36(54)26-53)60-28-37-16-17-38(29-60)62(37)51(63)68-52(7,8)9/h15,18,24-25,32-34,36-38H,13,16-17,20-22,26-31H2,1-11H3/t36-,37?,38?,53+/m1/s1. The summed E-state index contributed by atoms with van der Waals surface area (Å²) in [5.74, 6) is 8.82. The van der Waals surface area contributed by atoms with Crippen LogP contribution >= 0.6 is 0 Å². The zero-order valence-corrected chi connectivity index (χ0v) is 43.0. The first-order valence-corrected chi connectivity index (χ1v) is 26.6. The molecule has 0 N–H and O–H groups in total. The van der Waals surface area contributed by atoms with Gasteiger partial charge in [0.1, 0.15) is 67.3 Å². The van der Waals surface area contributed by atoms with Crippen LogP contribution in [0.25, 0.3) is 32.9 Å². The highest BCUT2D eigenvalue weighted by atomic mass is 28.3. The second kappa shape index (κ2) is 19.9. The SMILES string of the molecule is COCC#Cc1nc(-c2cc(OCOC)cc3ccc(F)c(C#C[Si](C(C)C)(C(C)C)C(C)C)c23)c(F)c2nc(OC[C@@]34CCCN3C[C@H](F)C4)nc(N3CC4CCC(C3)N4C(=O)OC(C)(C)C)c12. The molecule has 0 saturated carbocycles. The molecule has 12 nitrogen and oxygen atoms in total. The average Bonchev–Trinajstić information content (AvgIpc) is 3.91. The third-order valence-electron chi connectivity index (χ3n) is 14.7. The lowest BCUT2D eigenvalue weighted by molar-refractivity contribution is 0.0122. The molecule has 2 unspecified atom stereocenters. The number of fused-ring (bicyclic) bond motifs is 5. The minimum absolute atomic E-state index is 0.0432. The first-order valence-electron chi connectivity index (χ1n) is 24.4. The number of amides is 1. The van der Waals surface area contributed by atoms with Gasteiger partial charge in [-0.05, 0) is 99.1 Å². The van der Waals surface area contributed by atoms with Gasteiger partial charge in [0, 0.05) is 51.2 Å². The Balaban J connectivity index is 1.37. The van der Waals surface area contributed by atoms with Crippen molar-refractivity contribution in [2.24, 2.45) is 0 Å². The molecule has 16 heteroatoms. The Hall–Kier alpha value is -5.13. The van der Waals surface area contributed by atoms with Gasteiger partial charge in [-0.3, -0.25) is 9.80 Å². The number of hydrogen-bond donors (Lipinski definition) is 0. The van der Waals surface area contributed by atoms with Gasteiger partial charge in [0.2, 0.25) is 0 Å². The molecule has 4 atom stereocenters. The van der Waals surface area contributed by atoms with Gasteiger partial charge >= 0.3 is 12.1 Å². The van der Waals surface area contributed by atoms with Crippen LogP contribution in [0, 0.1) is 34.9 Å². The molecule has 0 aliphatic carbocycles. The van der Waals surface area contributed by atoms with Crippen LogP contribution < -0.4 is 14.4 Å². The molecule has 2 bridgehead atoms. The maximum Gasteiger partial charge on any atom is 0.410 e. The first-order chi connectivity index (χ1) is 32.8. The molecule has 1 amide bonds. The van der Waals surface area contributed by atoms with E-state index in [0.717, 1.165) is 32.2 Å². The third-order valence-corrected chi connectivity index (χ3v) is 21.0. The van der Waals surface area contributed by atoms with Crippen molar-refractivity contribution in [3.05, 3.63) is 47.2 Å². The second-order valence-corrected chi connectivity index (χ2v) is 26.7. The van der Waals surface area contributed by atoms with Gasteiger partial charge in [-0.15, -0.1) is 5.54 Å². The van der Waals surface area contributed by atoms with Crippen LogP contribution in [0.2, 0.25) is 16.6 Å². The van der Waals surface area contributed by atoms with Crippen molar-refractivity contribution in [2.75, 3.05) is 65.3 Å². The lowest BCUT2D eigenvalue weighted by Gasteiger charge is -2.42. The lowest BCUT2D eigenvalue weighted by Crippen LogP contribution is -2.57. The van der Waals surface area contributed by atoms with Crippen molar-refractivity contribution < 1.29 is 41.7 Å². The summed E-state index contributed by atoms with van der Waals surface area (Å²) < 4.78 is 79.0. The Morgan fingerprint density at radius 3 is 2.28 bits per heavy atom. The summed E-state index contributed by atoms with van der Waals surface area (Å²) in [7, 11) is 0.644. The van der Waals surface area contributed by atoms with Crippen LogP contribution in [-0.4, -0.2) is 129 Å². The van der Waals surface area contributed by atoms with Crippen LogP contribution in [0.5, 0.6) is 11.8 Å². The monoisotopic (exact) mass is 968 g/mol. The molecule has 370 valence electrons. The predicted octanol–water partition coefficient (Wildman–Crippen LogP) is 10.2. The molecule has 2 aromatic carbocycles. The van der Waals surface area contributed by atoms with Crippen LogP contribution in [0.15, 0.2) is 24.3 Å². The van der Waals surface area contributed by atoms with Crippen molar-refractivity contribution in [3.63, 3.8) is 0 Å². The van der Waals surface area contributed by atoms with E-state index in [4.69, 9.17) is 38.6 Å². The maximum absolute atomic E-state index is 18.4. The highest BCUT2D eigenvalue weighted by molar-refractivity contribution is 6.90. The first kappa shape index (κ1) is 50.3. The number of halogens is 3. The number of ether oxygens (including phenoxy) is 5. The molecule has 6 heterocycles. The van der Waals surface area contributed by atoms with E-state index in [0.29, 0.717) is 48.4 Å². The summed E-state index contributed by atoms with van der Waals surface area (Å²) in [6, 6.07) is 5.85. The number of benzene rings is 2. The topological polar surface area (TPSA) is 112 Å². The molecule has 4 fully saturated rings. The number of rotatable bonds is 12. The van der Waals surface area contributed by atoms with Crippen molar-refractivity contribution in [2.45, 2.75) is 140 Å². The van der Waals surface area contributed by atoms with Gasteiger partial charge in [0.05, 0.1) is 28.6 Å².